The van der Waals surface area contributed by atoms with Gasteiger partial charge in [0, 0.05) is 5.56 Å². The standard InChI is InChI=1S/C19H19FO2/c1-5-15-16(7-6-8-17(15)20)13-9-11-14(12-10-13)18(21)22-19(2,3)4/h5-12H,1H2,2-4H3. The number of carbonyl (C=O) groups excluding carboxylic acids is 1. The van der Waals surface area contributed by atoms with Crippen LogP contribution in [0.3, 0.4) is 0 Å². The summed E-state index contributed by atoms with van der Waals surface area (Å²) < 4.78 is 19.1. The Bertz CT molecular complexity index is 694. The van der Waals surface area contributed by atoms with Crippen LogP contribution in [0.5, 0.6) is 0 Å². The van der Waals surface area contributed by atoms with Crippen molar-refractivity contribution in [3.8, 4) is 11.1 Å². The number of carbonyl (C=O) groups is 1. The number of hydrogen-bond acceptors (Lipinski definition) is 2. The first-order valence-electron chi connectivity index (χ1n) is 7.06. The van der Waals surface area contributed by atoms with Gasteiger partial charge >= 0.3 is 5.97 Å². The summed E-state index contributed by atoms with van der Waals surface area (Å²) in [6, 6.07) is 11.8. The molecule has 0 heterocycles. The van der Waals surface area contributed by atoms with Gasteiger partial charge in [-0.25, -0.2) is 9.18 Å². The molecule has 0 saturated heterocycles. The van der Waals surface area contributed by atoms with E-state index < -0.39 is 5.60 Å². The zero-order valence-corrected chi connectivity index (χ0v) is 13.0. The molecule has 22 heavy (non-hydrogen) atoms. The van der Waals surface area contributed by atoms with E-state index in [0.29, 0.717) is 11.1 Å². The lowest BCUT2D eigenvalue weighted by Crippen LogP contribution is -2.23. The lowest BCUT2D eigenvalue weighted by Gasteiger charge is -2.19. The predicted molar refractivity (Wildman–Crippen MR) is 87.1 cm³/mol. The van der Waals surface area contributed by atoms with Gasteiger partial charge in [-0.2, -0.15) is 0 Å². The van der Waals surface area contributed by atoms with Gasteiger partial charge in [0.1, 0.15) is 11.4 Å². The van der Waals surface area contributed by atoms with Gasteiger partial charge in [0.2, 0.25) is 0 Å². The van der Waals surface area contributed by atoms with E-state index in [0.717, 1.165) is 11.1 Å². The maximum Gasteiger partial charge on any atom is 0.338 e. The van der Waals surface area contributed by atoms with Crippen molar-refractivity contribution >= 4 is 12.0 Å². The average Bonchev–Trinajstić information content (AvgIpc) is 2.45. The molecule has 3 heteroatoms. The van der Waals surface area contributed by atoms with Gasteiger partial charge in [0.25, 0.3) is 0 Å². The van der Waals surface area contributed by atoms with Crippen LogP contribution >= 0.6 is 0 Å². The van der Waals surface area contributed by atoms with E-state index in [4.69, 9.17) is 4.74 Å². The van der Waals surface area contributed by atoms with Crippen molar-refractivity contribution < 1.29 is 13.9 Å². The highest BCUT2D eigenvalue weighted by molar-refractivity contribution is 5.90. The fourth-order valence-electron chi connectivity index (χ4n) is 2.12. The molecule has 2 aromatic rings. The van der Waals surface area contributed by atoms with Crippen LogP contribution in [0.25, 0.3) is 17.2 Å². The Hall–Kier alpha value is -2.42. The second-order valence-electron chi connectivity index (χ2n) is 5.98. The molecule has 2 nitrogen and oxygen atoms in total. The van der Waals surface area contributed by atoms with Crippen LogP contribution in [-0.2, 0) is 4.74 Å². The zero-order chi connectivity index (χ0) is 16.3. The topological polar surface area (TPSA) is 26.3 Å². The molecule has 0 amide bonds. The van der Waals surface area contributed by atoms with Crippen LogP contribution in [0, 0.1) is 5.82 Å². The summed E-state index contributed by atoms with van der Waals surface area (Å²) >= 11 is 0. The lowest BCUT2D eigenvalue weighted by molar-refractivity contribution is 0.00696. The molecule has 0 spiro atoms. The van der Waals surface area contributed by atoms with E-state index in [2.05, 4.69) is 6.58 Å². The molecule has 0 aromatic heterocycles. The zero-order valence-electron chi connectivity index (χ0n) is 13.0. The van der Waals surface area contributed by atoms with Crippen molar-refractivity contribution in [2.75, 3.05) is 0 Å². The van der Waals surface area contributed by atoms with Gasteiger partial charge < -0.3 is 4.74 Å². The minimum Gasteiger partial charge on any atom is -0.456 e. The van der Waals surface area contributed by atoms with Gasteiger partial charge in [0.15, 0.2) is 0 Å². The van der Waals surface area contributed by atoms with E-state index in [-0.39, 0.29) is 11.8 Å². The van der Waals surface area contributed by atoms with E-state index in [9.17, 15) is 9.18 Å². The Morgan fingerprint density at radius 3 is 2.32 bits per heavy atom. The first kappa shape index (κ1) is 16.0. The van der Waals surface area contributed by atoms with Gasteiger partial charge in [-0.15, -0.1) is 0 Å². The summed E-state index contributed by atoms with van der Waals surface area (Å²) in [5.74, 6) is -0.689. The van der Waals surface area contributed by atoms with Gasteiger partial charge in [-0.05, 0) is 50.1 Å². The predicted octanol–water partition coefficient (Wildman–Crippen LogP) is 5.09. The SMILES string of the molecule is C=Cc1c(F)cccc1-c1ccc(C(=O)OC(C)(C)C)cc1. The quantitative estimate of drug-likeness (QED) is 0.738. The van der Waals surface area contributed by atoms with Gasteiger partial charge in [-0.1, -0.05) is 36.9 Å². The third-order valence-electron chi connectivity index (χ3n) is 3.09. The molecular formula is C19H19FO2. The molecule has 0 bridgehead atoms. The maximum atomic E-state index is 13.8. The second-order valence-corrected chi connectivity index (χ2v) is 5.98. The number of ether oxygens (including phenoxy) is 1. The van der Waals surface area contributed by atoms with Crippen LogP contribution in [0.4, 0.5) is 4.39 Å². The summed E-state index contributed by atoms with van der Waals surface area (Å²) in [5, 5.41) is 0. The highest BCUT2D eigenvalue weighted by atomic mass is 19.1. The van der Waals surface area contributed by atoms with E-state index in [1.165, 1.54) is 12.1 Å². The smallest absolute Gasteiger partial charge is 0.338 e. The Morgan fingerprint density at radius 1 is 1.14 bits per heavy atom. The summed E-state index contributed by atoms with van der Waals surface area (Å²) in [6.45, 7) is 9.12. The summed E-state index contributed by atoms with van der Waals surface area (Å²) in [6.07, 6.45) is 1.49. The third kappa shape index (κ3) is 3.61. The van der Waals surface area contributed by atoms with Gasteiger partial charge in [0.05, 0.1) is 5.56 Å². The van der Waals surface area contributed by atoms with Crippen LogP contribution in [0.2, 0.25) is 0 Å². The monoisotopic (exact) mass is 298 g/mol. The first-order valence-corrected chi connectivity index (χ1v) is 7.06. The number of esters is 1. The number of benzene rings is 2. The average molecular weight is 298 g/mol. The van der Waals surface area contributed by atoms with Crippen LogP contribution in [0.15, 0.2) is 49.0 Å². The van der Waals surface area contributed by atoms with E-state index in [1.54, 1.807) is 30.3 Å². The number of hydrogen-bond donors (Lipinski definition) is 0. The molecule has 2 aromatic carbocycles. The normalized spacial score (nSPS) is 11.1. The molecule has 0 atom stereocenters. The Morgan fingerprint density at radius 2 is 1.77 bits per heavy atom. The molecule has 0 aliphatic carbocycles. The van der Waals surface area contributed by atoms with E-state index >= 15 is 0 Å². The molecule has 0 fully saturated rings. The minimum atomic E-state index is -0.533. The van der Waals surface area contributed by atoms with Crippen LogP contribution in [0.1, 0.15) is 36.7 Å². The van der Waals surface area contributed by atoms with Crippen molar-refractivity contribution in [1.29, 1.82) is 0 Å². The molecule has 0 unspecified atom stereocenters. The summed E-state index contributed by atoms with van der Waals surface area (Å²) in [7, 11) is 0. The van der Waals surface area contributed by atoms with Crippen LogP contribution < -0.4 is 0 Å². The third-order valence-corrected chi connectivity index (χ3v) is 3.09. The molecule has 2 rings (SSSR count). The van der Waals surface area contributed by atoms with Crippen molar-refractivity contribution in [2.45, 2.75) is 26.4 Å². The minimum absolute atomic E-state index is 0.316. The fraction of sp³-hybridized carbons (Fsp3) is 0.211. The van der Waals surface area contributed by atoms with Crippen molar-refractivity contribution in [1.82, 2.24) is 0 Å². The first-order chi connectivity index (χ1) is 10.3. The Kier molecular flexibility index (Phi) is 4.45. The Balaban J connectivity index is 2.32. The Labute approximate surface area is 130 Å². The van der Waals surface area contributed by atoms with Crippen molar-refractivity contribution in [2.24, 2.45) is 0 Å². The molecule has 0 N–H and O–H groups in total. The van der Waals surface area contributed by atoms with Gasteiger partial charge in [-0.3, -0.25) is 0 Å². The highest BCUT2D eigenvalue weighted by Crippen LogP contribution is 2.27. The molecule has 0 aliphatic rings. The van der Waals surface area contributed by atoms with Crippen molar-refractivity contribution in [3.05, 3.63) is 66.0 Å². The highest BCUT2D eigenvalue weighted by Gasteiger charge is 2.18. The molecule has 114 valence electrons. The number of rotatable bonds is 3. The molecular weight excluding hydrogens is 279 g/mol. The summed E-state index contributed by atoms with van der Waals surface area (Å²) in [4.78, 5) is 12.0. The van der Waals surface area contributed by atoms with Crippen LogP contribution in [-0.4, -0.2) is 11.6 Å². The fourth-order valence-corrected chi connectivity index (χ4v) is 2.12. The van der Waals surface area contributed by atoms with E-state index in [1.807, 2.05) is 26.8 Å². The summed E-state index contributed by atoms with van der Waals surface area (Å²) in [5.41, 5.74) is 1.95. The maximum absolute atomic E-state index is 13.8. The van der Waals surface area contributed by atoms with Crippen molar-refractivity contribution in [3.63, 3.8) is 0 Å². The lowest BCUT2D eigenvalue weighted by atomic mass is 9.98. The molecule has 0 radical (unpaired) electrons. The number of halogens is 1. The molecule has 0 saturated carbocycles. The second kappa shape index (κ2) is 6.14. The largest absolute Gasteiger partial charge is 0.456 e. The molecule has 0 aliphatic heterocycles.